The van der Waals surface area contributed by atoms with Crippen LogP contribution >= 0.6 is 0 Å². The Balaban J connectivity index is 0.00000343. The minimum atomic E-state index is -1.44. The smallest absolute Gasteiger partial charge is 0.547 e. The molecule has 1 unspecified atom stereocenters. The van der Waals surface area contributed by atoms with Gasteiger partial charge in [0, 0.05) is 66.7 Å². The Kier molecular flexibility index (Phi) is 7.29. The molecule has 0 bridgehead atoms. The van der Waals surface area contributed by atoms with E-state index in [0.717, 1.165) is 42.5 Å². The molecule has 4 aliphatic heterocycles. The molecule has 4 aliphatic rings. The number of hydrogen-bond acceptors (Lipinski definition) is 8. The maximum absolute atomic E-state index is 15.4. The van der Waals surface area contributed by atoms with Gasteiger partial charge in [-0.1, -0.05) is 0 Å². The normalized spacial score (nSPS) is 18.7. The van der Waals surface area contributed by atoms with Crippen LogP contribution in [0.15, 0.2) is 36.8 Å². The summed E-state index contributed by atoms with van der Waals surface area (Å²) < 4.78 is 22.7. The van der Waals surface area contributed by atoms with Gasteiger partial charge in [-0.3, -0.25) is 4.79 Å². The van der Waals surface area contributed by atoms with Crippen LogP contribution in [0.5, 0.6) is 0 Å². The second-order valence-corrected chi connectivity index (χ2v) is 13.1. The Morgan fingerprint density at radius 2 is 1.84 bits per heavy atom. The fourth-order valence-electron chi connectivity index (χ4n) is 6.77. The van der Waals surface area contributed by atoms with Crippen molar-refractivity contribution < 1.29 is 47.5 Å². The number of hydrogen-bond donors (Lipinski definition) is 0. The Morgan fingerprint density at radius 1 is 1.09 bits per heavy atom. The quantitative estimate of drug-likeness (QED) is 0.364. The number of nitrogens with zero attached hydrogens (tertiary/aromatic N) is 6. The van der Waals surface area contributed by atoms with E-state index in [4.69, 9.17) is 4.74 Å². The summed E-state index contributed by atoms with van der Waals surface area (Å²) in [7, 11) is 0. The number of rotatable bonds is 5. The minimum absolute atomic E-state index is 0. The maximum atomic E-state index is 15.4. The number of aryl methyl sites for hydroxylation is 1. The molecule has 224 valence electrons. The first-order valence-electron chi connectivity index (χ1n) is 14.5. The number of fused-ring (bicyclic) bond motifs is 2. The minimum Gasteiger partial charge on any atom is -0.547 e. The summed E-state index contributed by atoms with van der Waals surface area (Å²) in [6, 6.07) is 5.24. The monoisotopic (exact) mass is 594 g/mol. The number of ether oxygens (including phenoxy) is 1. The topological polar surface area (TPSA) is 124 Å². The van der Waals surface area contributed by atoms with E-state index in [1.807, 2.05) is 37.5 Å². The van der Waals surface area contributed by atoms with Gasteiger partial charge in [-0.05, 0) is 63.4 Å². The average molecular weight is 595 g/mol. The van der Waals surface area contributed by atoms with Crippen molar-refractivity contribution in [3.05, 3.63) is 65.1 Å². The summed E-state index contributed by atoms with van der Waals surface area (Å²) in [5, 5.41) is 12.2. The standard InChI is InChI=1S/C31H33FN6O5.Li/c1-30(2,3)43-29(42)37-15-31(16-37)13-36(14-31)24-7-6-18(11-33-24)19-9-20-21(22(32)10-19)12-38(27(20)39)26(28(40)41)25-23-5-4-8-35(23)17-34-25;/h6-7,9-11,17,26H,4-5,8,12-16H2,1-3H3,(H,40,41);/q;+1/p-1. The van der Waals surface area contributed by atoms with Crippen molar-refractivity contribution >= 4 is 23.8 Å². The molecule has 0 aliphatic carbocycles. The largest absolute Gasteiger partial charge is 1.00 e. The van der Waals surface area contributed by atoms with Crippen molar-refractivity contribution in [2.75, 3.05) is 31.1 Å². The zero-order valence-electron chi connectivity index (χ0n) is 25.3. The first-order valence-corrected chi connectivity index (χ1v) is 14.5. The number of carboxylic acids is 1. The first kappa shape index (κ1) is 30.2. The van der Waals surface area contributed by atoms with Crippen LogP contribution < -0.4 is 28.9 Å². The number of carbonyl (C=O) groups is 3. The number of likely N-dealkylation sites (tertiary alicyclic amines) is 1. The fourth-order valence-corrected chi connectivity index (χ4v) is 6.77. The molecule has 0 radical (unpaired) electrons. The van der Waals surface area contributed by atoms with Crippen LogP contribution in [0, 0.1) is 11.2 Å². The van der Waals surface area contributed by atoms with Gasteiger partial charge in [0.2, 0.25) is 0 Å². The molecule has 7 rings (SSSR count). The number of imidazole rings is 1. The van der Waals surface area contributed by atoms with Gasteiger partial charge in [0.25, 0.3) is 5.91 Å². The Labute approximate surface area is 266 Å². The Bertz CT molecular complexity index is 1650. The second-order valence-electron chi connectivity index (χ2n) is 13.1. The molecule has 1 spiro atoms. The molecule has 11 nitrogen and oxygen atoms in total. The summed E-state index contributed by atoms with van der Waals surface area (Å²) in [6.45, 7) is 8.97. The molecule has 2 fully saturated rings. The Morgan fingerprint density at radius 3 is 2.50 bits per heavy atom. The van der Waals surface area contributed by atoms with E-state index in [2.05, 4.69) is 14.9 Å². The van der Waals surface area contributed by atoms with Gasteiger partial charge < -0.3 is 33.9 Å². The molecule has 0 N–H and O–H groups in total. The van der Waals surface area contributed by atoms with E-state index in [1.165, 1.54) is 6.07 Å². The summed E-state index contributed by atoms with van der Waals surface area (Å²) in [4.78, 5) is 51.9. The first-order chi connectivity index (χ1) is 20.4. The predicted octanol–water partition coefficient (Wildman–Crippen LogP) is -0.461. The van der Waals surface area contributed by atoms with Crippen molar-refractivity contribution in [3.63, 3.8) is 0 Å². The molecule has 2 aromatic heterocycles. The second kappa shape index (κ2) is 10.6. The van der Waals surface area contributed by atoms with E-state index in [1.54, 1.807) is 23.5 Å². The van der Waals surface area contributed by atoms with Gasteiger partial charge in [-0.15, -0.1) is 0 Å². The Hall–Kier alpha value is -3.88. The predicted molar refractivity (Wildman–Crippen MR) is 150 cm³/mol. The van der Waals surface area contributed by atoms with Crippen molar-refractivity contribution in [3.8, 4) is 11.1 Å². The summed E-state index contributed by atoms with van der Waals surface area (Å²) >= 11 is 0. The molecule has 2 amide bonds. The van der Waals surface area contributed by atoms with Gasteiger partial charge in [0.05, 0.1) is 24.5 Å². The molecular formula is C31H32FLiN6O5. The van der Waals surface area contributed by atoms with Crippen molar-refractivity contribution in [1.29, 1.82) is 0 Å². The molecule has 6 heterocycles. The zero-order valence-corrected chi connectivity index (χ0v) is 25.3. The molecule has 1 atom stereocenters. The van der Waals surface area contributed by atoms with Crippen LogP contribution in [0.4, 0.5) is 15.0 Å². The van der Waals surface area contributed by atoms with E-state index in [0.29, 0.717) is 30.6 Å². The van der Waals surface area contributed by atoms with Gasteiger partial charge in [-0.2, -0.15) is 0 Å². The van der Waals surface area contributed by atoms with E-state index in [9.17, 15) is 19.5 Å². The van der Waals surface area contributed by atoms with Gasteiger partial charge in [-0.25, -0.2) is 19.2 Å². The zero-order chi connectivity index (χ0) is 30.3. The van der Waals surface area contributed by atoms with Gasteiger partial charge >= 0.3 is 25.0 Å². The van der Waals surface area contributed by atoms with Crippen molar-refractivity contribution in [1.82, 2.24) is 24.3 Å². The van der Waals surface area contributed by atoms with E-state index < -0.39 is 29.3 Å². The molecule has 0 saturated carbocycles. The summed E-state index contributed by atoms with van der Waals surface area (Å²) in [5.74, 6) is -1.81. The number of halogens is 1. The van der Waals surface area contributed by atoms with Crippen LogP contribution in [0.3, 0.4) is 0 Å². The number of aromatic nitrogens is 3. The number of benzene rings is 1. The number of carbonyl (C=O) groups excluding carboxylic acids is 3. The van der Waals surface area contributed by atoms with Crippen molar-refractivity contribution in [2.45, 2.75) is 58.3 Å². The van der Waals surface area contributed by atoms with E-state index in [-0.39, 0.29) is 53.7 Å². The fraction of sp³-hybridized carbons (Fsp3) is 0.452. The van der Waals surface area contributed by atoms with Crippen molar-refractivity contribution in [2.24, 2.45) is 5.41 Å². The maximum Gasteiger partial charge on any atom is 1.00 e. The SMILES string of the molecule is CC(C)(C)OC(=O)N1CC2(C1)CN(c1ccc(-c3cc(F)c4c(c3)C(=O)N(C(C(=O)[O-])c3ncn5c3CCC5)C4)cn1)C2.[Li+]. The van der Waals surface area contributed by atoms with Crippen LogP contribution in [-0.4, -0.2) is 74.1 Å². The van der Waals surface area contributed by atoms with Crippen LogP contribution in [0.2, 0.25) is 0 Å². The number of pyridine rings is 1. The number of carboxylic acid groups (broad SMARTS) is 1. The number of anilines is 1. The molecule has 44 heavy (non-hydrogen) atoms. The van der Waals surface area contributed by atoms with Crippen LogP contribution in [-0.2, 0) is 29.0 Å². The van der Waals surface area contributed by atoms with Gasteiger partial charge in [0.1, 0.15) is 23.3 Å². The van der Waals surface area contributed by atoms with E-state index >= 15 is 4.39 Å². The molecular weight excluding hydrogens is 562 g/mol. The van der Waals surface area contributed by atoms with Crippen LogP contribution in [0.1, 0.15) is 60.5 Å². The molecule has 1 aromatic carbocycles. The number of amides is 2. The molecule has 3 aromatic rings. The number of aliphatic carboxylic acids is 1. The third-order valence-electron chi connectivity index (χ3n) is 8.76. The summed E-state index contributed by atoms with van der Waals surface area (Å²) in [5.41, 5.74) is 1.98. The third-order valence-corrected chi connectivity index (χ3v) is 8.76. The van der Waals surface area contributed by atoms with Gasteiger partial charge in [0.15, 0.2) is 0 Å². The molecule has 2 saturated heterocycles. The third kappa shape index (κ3) is 5.04. The van der Waals surface area contributed by atoms with Crippen LogP contribution in [0.25, 0.3) is 11.1 Å². The average Bonchev–Trinajstić information content (AvgIpc) is 3.59. The summed E-state index contributed by atoms with van der Waals surface area (Å²) in [6.07, 6.45) is 4.47. The molecule has 13 heteroatoms.